The molecule has 2 saturated heterocycles. The van der Waals surface area contributed by atoms with Crippen molar-refractivity contribution in [1.82, 2.24) is 10.2 Å². The van der Waals surface area contributed by atoms with E-state index in [1.165, 1.54) is 12.1 Å². The zero-order chi connectivity index (χ0) is 18.9. The van der Waals surface area contributed by atoms with E-state index in [4.69, 9.17) is 9.47 Å². The molecule has 5 nitrogen and oxygen atoms in total. The van der Waals surface area contributed by atoms with Crippen LogP contribution < -0.4 is 5.32 Å². The minimum Gasteiger partial charge on any atom is -0.376 e. The van der Waals surface area contributed by atoms with Crippen LogP contribution in [0, 0.1) is 5.82 Å². The highest BCUT2D eigenvalue weighted by Crippen LogP contribution is 2.19. The van der Waals surface area contributed by atoms with Gasteiger partial charge in [-0.05, 0) is 49.9 Å². The fourth-order valence-electron chi connectivity index (χ4n) is 3.45. The predicted octanol–water partition coefficient (Wildman–Crippen LogP) is 3.77. The van der Waals surface area contributed by atoms with Gasteiger partial charge in [0.2, 0.25) is 0 Å². The van der Waals surface area contributed by atoms with Crippen molar-refractivity contribution in [2.75, 3.05) is 45.6 Å². The molecule has 2 aliphatic rings. The van der Waals surface area contributed by atoms with Gasteiger partial charge >= 0.3 is 0 Å². The number of aliphatic imine (C=N–C) groups is 1. The van der Waals surface area contributed by atoms with Crippen molar-refractivity contribution >= 4 is 41.7 Å². The molecule has 1 atom stereocenters. The zero-order valence-corrected chi connectivity index (χ0v) is 19.6. The first-order valence-electron chi connectivity index (χ1n) is 9.82. The Labute approximate surface area is 188 Å². The molecule has 0 radical (unpaired) electrons. The largest absolute Gasteiger partial charge is 0.376 e. The second kappa shape index (κ2) is 12.9. The average Bonchev–Trinajstić information content (AvgIpc) is 3.22. The van der Waals surface area contributed by atoms with E-state index < -0.39 is 0 Å². The first-order valence-corrected chi connectivity index (χ1v) is 10.8. The number of thioether (sulfide) groups is 1. The van der Waals surface area contributed by atoms with E-state index in [-0.39, 0.29) is 29.8 Å². The number of guanidine groups is 1. The van der Waals surface area contributed by atoms with Crippen LogP contribution in [-0.4, -0.2) is 68.7 Å². The van der Waals surface area contributed by atoms with Gasteiger partial charge in [-0.3, -0.25) is 4.99 Å². The lowest BCUT2D eigenvalue weighted by molar-refractivity contribution is -0.0367. The third kappa shape index (κ3) is 7.68. The van der Waals surface area contributed by atoms with Gasteiger partial charge in [-0.25, -0.2) is 4.39 Å². The zero-order valence-electron chi connectivity index (χ0n) is 16.4. The monoisotopic (exact) mass is 523 g/mol. The number of rotatable bonds is 7. The lowest BCUT2D eigenvalue weighted by Gasteiger charge is -2.34. The molecule has 1 aromatic carbocycles. The third-order valence-corrected chi connectivity index (χ3v) is 5.98. The second-order valence-corrected chi connectivity index (χ2v) is 8.10. The van der Waals surface area contributed by atoms with Crippen molar-refractivity contribution in [3.8, 4) is 0 Å². The number of hydrogen-bond donors (Lipinski definition) is 1. The van der Waals surface area contributed by atoms with Gasteiger partial charge in [-0.1, -0.05) is 0 Å². The van der Waals surface area contributed by atoms with E-state index in [0.717, 1.165) is 75.1 Å². The van der Waals surface area contributed by atoms with Gasteiger partial charge in [-0.2, -0.15) is 0 Å². The molecule has 0 aliphatic carbocycles. The average molecular weight is 523 g/mol. The molecule has 0 amide bonds. The summed E-state index contributed by atoms with van der Waals surface area (Å²) < 4.78 is 24.6. The van der Waals surface area contributed by atoms with E-state index in [1.807, 2.05) is 19.2 Å². The molecule has 8 heteroatoms. The van der Waals surface area contributed by atoms with Crippen LogP contribution in [0.3, 0.4) is 0 Å². The van der Waals surface area contributed by atoms with Crippen LogP contribution in [0.2, 0.25) is 0 Å². The molecular weight excluding hydrogens is 492 g/mol. The summed E-state index contributed by atoms with van der Waals surface area (Å²) in [6, 6.07) is 6.63. The maximum atomic E-state index is 12.9. The van der Waals surface area contributed by atoms with Gasteiger partial charge in [0.05, 0.1) is 18.8 Å². The number of halogens is 2. The van der Waals surface area contributed by atoms with Crippen LogP contribution in [0.15, 0.2) is 34.2 Å². The number of benzene rings is 1. The normalized spacial score (nSPS) is 20.9. The van der Waals surface area contributed by atoms with Crippen molar-refractivity contribution in [2.45, 2.75) is 42.8 Å². The standard InChI is InChI=1S/C20H30FN3O2S.HI/c1-22-20(23-10-14-27-19-6-4-16(21)5-7-19)24-11-8-17(9-12-24)26-15-18-3-2-13-25-18;/h4-7,17-18H,2-3,8-15H2,1H3,(H,22,23);1H. The molecule has 0 aromatic heterocycles. The quantitative estimate of drug-likeness (QED) is 0.194. The molecule has 1 N–H and O–H groups in total. The molecule has 1 aromatic rings. The molecule has 0 spiro atoms. The summed E-state index contributed by atoms with van der Waals surface area (Å²) in [6.45, 7) is 4.36. The van der Waals surface area contributed by atoms with Crippen LogP contribution in [0.25, 0.3) is 0 Å². The van der Waals surface area contributed by atoms with Crippen molar-refractivity contribution in [1.29, 1.82) is 0 Å². The lowest BCUT2D eigenvalue weighted by Crippen LogP contribution is -2.47. The minimum atomic E-state index is -0.193. The van der Waals surface area contributed by atoms with Crippen molar-refractivity contribution < 1.29 is 13.9 Å². The summed E-state index contributed by atoms with van der Waals surface area (Å²) in [5, 5.41) is 3.43. The number of hydrogen-bond acceptors (Lipinski definition) is 4. The van der Waals surface area contributed by atoms with Crippen LogP contribution in [0.4, 0.5) is 4.39 Å². The van der Waals surface area contributed by atoms with Crippen LogP contribution in [0.1, 0.15) is 25.7 Å². The van der Waals surface area contributed by atoms with Crippen molar-refractivity contribution in [3.05, 3.63) is 30.1 Å². The van der Waals surface area contributed by atoms with Crippen molar-refractivity contribution in [3.63, 3.8) is 0 Å². The van der Waals surface area contributed by atoms with Gasteiger partial charge in [0.15, 0.2) is 5.96 Å². The molecule has 2 heterocycles. The molecule has 0 saturated carbocycles. The summed E-state index contributed by atoms with van der Waals surface area (Å²) in [5.41, 5.74) is 0. The number of nitrogens with one attached hydrogen (secondary N) is 1. The minimum absolute atomic E-state index is 0. The molecule has 1 unspecified atom stereocenters. The number of nitrogens with zero attached hydrogens (tertiary/aromatic N) is 2. The van der Waals surface area contributed by atoms with E-state index in [2.05, 4.69) is 15.2 Å². The predicted molar refractivity (Wildman–Crippen MR) is 123 cm³/mol. The third-order valence-electron chi connectivity index (χ3n) is 4.96. The maximum absolute atomic E-state index is 12.9. The van der Waals surface area contributed by atoms with Crippen LogP contribution in [-0.2, 0) is 9.47 Å². The maximum Gasteiger partial charge on any atom is 0.193 e. The van der Waals surface area contributed by atoms with Gasteiger partial charge in [-0.15, -0.1) is 35.7 Å². The summed E-state index contributed by atoms with van der Waals surface area (Å²) in [4.78, 5) is 7.79. The number of likely N-dealkylation sites (tertiary alicyclic amines) is 1. The molecular formula is C20H31FIN3O2S. The van der Waals surface area contributed by atoms with Gasteiger partial charge < -0.3 is 19.7 Å². The number of piperidine rings is 1. The Morgan fingerprint density at radius 1 is 1.29 bits per heavy atom. The topological polar surface area (TPSA) is 46.1 Å². The summed E-state index contributed by atoms with van der Waals surface area (Å²) >= 11 is 1.71. The summed E-state index contributed by atoms with van der Waals surface area (Å²) in [5.74, 6) is 1.67. The first-order chi connectivity index (χ1) is 13.2. The molecule has 0 bridgehead atoms. The van der Waals surface area contributed by atoms with Gasteiger partial charge in [0, 0.05) is 43.9 Å². The lowest BCUT2D eigenvalue weighted by atomic mass is 10.1. The van der Waals surface area contributed by atoms with Gasteiger partial charge in [0.25, 0.3) is 0 Å². The Bertz CT molecular complexity index is 592. The first kappa shape index (κ1) is 23.7. The van der Waals surface area contributed by atoms with Gasteiger partial charge in [0.1, 0.15) is 5.82 Å². The SMILES string of the molecule is CN=C(NCCSc1ccc(F)cc1)N1CCC(OCC2CCCO2)CC1.I. The highest BCUT2D eigenvalue weighted by Gasteiger charge is 2.24. The van der Waals surface area contributed by atoms with Crippen LogP contribution >= 0.6 is 35.7 Å². The number of ether oxygens (including phenoxy) is 2. The molecule has 2 fully saturated rings. The fraction of sp³-hybridized carbons (Fsp3) is 0.650. The summed E-state index contributed by atoms with van der Waals surface area (Å²) in [7, 11) is 1.83. The molecule has 158 valence electrons. The smallest absolute Gasteiger partial charge is 0.193 e. The van der Waals surface area contributed by atoms with E-state index in [0.29, 0.717) is 12.2 Å². The molecule has 28 heavy (non-hydrogen) atoms. The Morgan fingerprint density at radius 2 is 2.04 bits per heavy atom. The van der Waals surface area contributed by atoms with Crippen molar-refractivity contribution in [2.24, 2.45) is 4.99 Å². The second-order valence-electron chi connectivity index (χ2n) is 6.93. The Hall–Kier alpha value is -0.580. The molecule has 3 rings (SSSR count). The van der Waals surface area contributed by atoms with Crippen LogP contribution in [0.5, 0.6) is 0 Å². The van der Waals surface area contributed by atoms with E-state index >= 15 is 0 Å². The Kier molecular flexibility index (Phi) is 10.9. The Morgan fingerprint density at radius 3 is 2.68 bits per heavy atom. The van der Waals surface area contributed by atoms with E-state index in [9.17, 15) is 4.39 Å². The summed E-state index contributed by atoms with van der Waals surface area (Å²) in [6.07, 6.45) is 4.98. The Balaban J connectivity index is 0.00000280. The highest BCUT2D eigenvalue weighted by atomic mass is 127. The highest BCUT2D eigenvalue weighted by molar-refractivity contribution is 14.0. The van der Waals surface area contributed by atoms with E-state index in [1.54, 1.807) is 11.8 Å². The molecule has 2 aliphatic heterocycles. The fourth-order valence-corrected chi connectivity index (χ4v) is 4.22.